The van der Waals surface area contributed by atoms with Gasteiger partial charge in [0.05, 0.1) is 26.4 Å². The van der Waals surface area contributed by atoms with Crippen LogP contribution in [0.25, 0.3) is 0 Å². The normalized spacial score (nSPS) is 25.6. The van der Waals surface area contributed by atoms with E-state index in [1.165, 1.54) is 0 Å². The zero-order valence-corrected chi connectivity index (χ0v) is 21.9. The highest BCUT2D eigenvalue weighted by Crippen LogP contribution is 2.43. The first-order valence-corrected chi connectivity index (χ1v) is 13.6. The molecule has 39 heavy (non-hydrogen) atoms. The van der Waals surface area contributed by atoms with Crippen molar-refractivity contribution in [2.45, 2.75) is 63.1 Å². The minimum absolute atomic E-state index is 0.105. The van der Waals surface area contributed by atoms with Gasteiger partial charge in [-0.25, -0.2) is 0 Å². The molecule has 0 bridgehead atoms. The SMILES string of the molecule is c1ccc(CO[C@@H]2[C@H](OCc3ccccc3)[C@@H](OCc3ccccc3)[C@H]3O[C@H]3[C@H]2OCc2ccccc2)cc1. The fraction of sp³-hybridized carbons (Fsp3) is 0.294. The molecule has 5 nitrogen and oxygen atoms in total. The number of ether oxygens (including phenoxy) is 5. The maximum Gasteiger partial charge on any atom is 0.116 e. The second kappa shape index (κ2) is 12.7. The Balaban J connectivity index is 1.25. The van der Waals surface area contributed by atoms with Crippen molar-refractivity contribution in [2.24, 2.45) is 0 Å². The second-order valence-corrected chi connectivity index (χ2v) is 10.1. The van der Waals surface area contributed by atoms with E-state index < -0.39 is 0 Å². The van der Waals surface area contributed by atoms with Crippen LogP contribution in [-0.2, 0) is 50.1 Å². The molecule has 1 aliphatic carbocycles. The zero-order chi connectivity index (χ0) is 26.3. The average molecular weight is 523 g/mol. The van der Waals surface area contributed by atoms with Crippen LogP contribution in [0.2, 0.25) is 0 Å². The van der Waals surface area contributed by atoms with Crippen LogP contribution in [0.5, 0.6) is 0 Å². The molecule has 6 atom stereocenters. The molecule has 1 heterocycles. The van der Waals surface area contributed by atoms with E-state index in [1.54, 1.807) is 0 Å². The average Bonchev–Trinajstić information content (AvgIpc) is 3.80. The van der Waals surface area contributed by atoms with Gasteiger partial charge in [-0.2, -0.15) is 0 Å². The van der Waals surface area contributed by atoms with Crippen molar-refractivity contribution in [1.29, 1.82) is 0 Å². The fourth-order valence-corrected chi connectivity index (χ4v) is 5.24. The first-order chi connectivity index (χ1) is 19.3. The molecule has 0 radical (unpaired) electrons. The Morgan fingerprint density at radius 2 is 0.615 bits per heavy atom. The zero-order valence-electron chi connectivity index (χ0n) is 21.9. The lowest BCUT2D eigenvalue weighted by atomic mass is 9.88. The monoisotopic (exact) mass is 522 g/mol. The first kappa shape index (κ1) is 25.9. The molecule has 0 N–H and O–H groups in total. The Morgan fingerprint density at radius 1 is 0.359 bits per heavy atom. The summed E-state index contributed by atoms with van der Waals surface area (Å²) in [6.07, 6.45) is -1.52. The van der Waals surface area contributed by atoms with Gasteiger partial charge in [-0.3, -0.25) is 0 Å². The molecule has 1 aliphatic heterocycles. The molecule has 2 fully saturated rings. The van der Waals surface area contributed by atoms with Gasteiger partial charge in [0.25, 0.3) is 0 Å². The standard InChI is InChI=1S/C34H34O5/c1-5-13-25(14-6-1)21-35-29-30(36-22-26-15-7-2-8-16-26)32(38-24-28-19-11-4-12-20-28)34-33(39-34)31(29)37-23-27-17-9-3-10-18-27/h1-20,29-34H,21-24H2/t29-,30+,31+,32-,33+,34-. The largest absolute Gasteiger partial charge is 0.368 e. The van der Waals surface area contributed by atoms with Gasteiger partial charge in [-0.1, -0.05) is 121 Å². The molecule has 5 heteroatoms. The van der Waals surface area contributed by atoms with Crippen molar-refractivity contribution in [3.63, 3.8) is 0 Å². The van der Waals surface area contributed by atoms with Gasteiger partial charge in [0.1, 0.15) is 36.6 Å². The molecule has 0 aromatic heterocycles. The molecule has 1 saturated carbocycles. The van der Waals surface area contributed by atoms with E-state index >= 15 is 0 Å². The van der Waals surface area contributed by atoms with Gasteiger partial charge in [0, 0.05) is 0 Å². The lowest BCUT2D eigenvalue weighted by Gasteiger charge is -2.40. The van der Waals surface area contributed by atoms with Crippen LogP contribution in [0, 0.1) is 0 Å². The summed E-state index contributed by atoms with van der Waals surface area (Å²) in [6.45, 7) is 1.85. The minimum atomic E-state index is -0.373. The second-order valence-electron chi connectivity index (χ2n) is 10.1. The van der Waals surface area contributed by atoms with E-state index in [0.717, 1.165) is 22.3 Å². The third-order valence-electron chi connectivity index (χ3n) is 7.32. The van der Waals surface area contributed by atoms with Gasteiger partial charge >= 0.3 is 0 Å². The summed E-state index contributed by atoms with van der Waals surface area (Å²) in [5.41, 5.74) is 4.42. The summed E-state index contributed by atoms with van der Waals surface area (Å²) in [5.74, 6) is 0. The molecule has 0 amide bonds. The maximum atomic E-state index is 6.64. The van der Waals surface area contributed by atoms with E-state index in [4.69, 9.17) is 23.7 Å². The van der Waals surface area contributed by atoms with Crippen LogP contribution < -0.4 is 0 Å². The quantitative estimate of drug-likeness (QED) is 0.210. The molecule has 0 unspecified atom stereocenters. The highest BCUT2D eigenvalue weighted by molar-refractivity contribution is 5.18. The van der Waals surface area contributed by atoms with Crippen molar-refractivity contribution in [3.8, 4) is 0 Å². The number of epoxide rings is 1. The Bertz CT molecular complexity index is 1170. The molecule has 4 aromatic carbocycles. The summed E-state index contributed by atoms with van der Waals surface area (Å²) < 4.78 is 32.6. The molecule has 0 spiro atoms. The van der Waals surface area contributed by atoms with Crippen LogP contribution in [0.3, 0.4) is 0 Å². The summed E-state index contributed by atoms with van der Waals surface area (Å²) >= 11 is 0. The van der Waals surface area contributed by atoms with E-state index in [1.807, 2.05) is 72.8 Å². The molecule has 1 saturated heterocycles. The summed E-state index contributed by atoms with van der Waals surface area (Å²) in [6, 6.07) is 40.8. The Hall–Kier alpha value is -3.32. The van der Waals surface area contributed by atoms with Gasteiger partial charge in [-0.05, 0) is 22.3 Å². The van der Waals surface area contributed by atoms with Crippen molar-refractivity contribution in [2.75, 3.05) is 0 Å². The van der Waals surface area contributed by atoms with Crippen LogP contribution >= 0.6 is 0 Å². The molecule has 200 valence electrons. The van der Waals surface area contributed by atoms with Gasteiger partial charge in [-0.15, -0.1) is 0 Å². The van der Waals surface area contributed by atoms with E-state index in [0.29, 0.717) is 26.4 Å². The Kier molecular flexibility index (Phi) is 8.44. The van der Waals surface area contributed by atoms with Gasteiger partial charge in [0.2, 0.25) is 0 Å². The number of fused-ring (bicyclic) bond motifs is 1. The third-order valence-corrected chi connectivity index (χ3v) is 7.32. The fourth-order valence-electron chi connectivity index (χ4n) is 5.24. The van der Waals surface area contributed by atoms with E-state index in [-0.39, 0.29) is 36.6 Å². The number of benzene rings is 4. The van der Waals surface area contributed by atoms with Crippen LogP contribution in [0.1, 0.15) is 22.3 Å². The molecule has 4 aromatic rings. The minimum Gasteiger partial charge on any atom is -0.368 e. The van der Waals surface area contributed by atoms with Crippen LogP contribution in [0.15, 0.2) is 121 Å². The third kappa shape index (κ3) is 6.64. The molecule has 6 rings (SSSR count). The lowest BCUT2D eigenvalue weighted by molar-refractivity contribution is -0.203. The predicted molar refractivity (Wildman–Crippen MR) is 149 cm³/mol. The van der Waals surface area contributed by atoms with Crippen molar-refractivity contribution in [3.05, 3.63) is 144 Å². The summed E-state index contributed by atoms with van der Waals surface area (Å²) in [5, 5.41) is 0. The van der Waals surface area contributed by atoms with Crippen molar-refractivity contribution >= 4 is 0 Å². The van der Waals surface area contributed by atoms with Gasteiger partial charge in [0.15, 0.2) is 0 Å². The maximum absolute atomic E-state index is 6.64. The van der Waals surface area contributed by atoms with Crippen LogP contribution in [0.4, 0.5) is 0 Å². The highest BCUT2D eigenvalue weighted by Gasteiger charge is 2.63. The number of hydrogen-bond acceptors (Lipinski definition) is 5. The molecule has 2 aliphatic rings. The van der Waals surface area contributed by atoms with Crippen molar-refractivity contribution in [1.82, 2.24) is 0 Å². The van der Waals surface area contributed by atoms with Gasteiger partial charge < -0.3 is 23.7 Å². The molecular formula is C34H34O5. The van der Waals surface area contributed by atoms with E-state index in [9.17, 15) is 0 Å². The smallest absolute Gasteiger partial charge is 0.116 e. The first-order valence-electron chi connectivity index (χ1n) is 13.6. The lowest BCUT2D eigenvalue weighted by Crippen LogP contribution is -2.57. The van der Waals surface area contributed by atoms with Crippen LogP contribution in [-0.4, -0.2) is 36.6 Å². The topological polar surface area (TPSA) is 49.5 Å². The van der Waals surface area contributed by atoms with Crippen molar-refractivity contribution < 1.29 is 23.7 Å². The summed E-state index contributed by atoms with van der Waals surface area (Å²) in [7, 11) is 0. The number of rotatable bonds is 12. The summed E-state index contributed by atoms with van der Waals surface area (Å²) in [4.78, 5) is 0. The number of hydrogen-bond donors (Lipinski definition) is 0. The Labute approximate surface area is 230 Å². The Morgan fingerprint density at radius 3 is 0.897 bits per heavy atom. The predicted octanol–water partition coefficient (Wildman–Crippen LogP) is 6.11. The van der Waals surface area contributed by atoms with E-state index in [2.05, 4.69) is 48.5 Å². The molecular weight excluding hydrogens is 488 g/mol. The highest BCUT2D eigenvalue weighted by atomic mass is 16.7.